The van der Waals surface area contributed by atoms with Crippen molar-refractivity contribution in [2.24, 2.45) is 4.99 Å². The van der Waals surface area contributed by atoms with Crippen LogP contribution in [0.25, 0.3) is 0 Å². The van der Waals surface area contributed by atoms with Crippen LogP contribution in [-0.4, -0.2) is 26.4 Å². The summed E-state index contributed by atoms with van der Waals surface area (Å²) in [4.78, 5) is 6.56. The number of nitrogens with zero attached hydrogens (tertiary/aromatic N) is 2. The van der Waals surface area contributed by atoms with Crippen molar-refractivity contribution < 1.29 is 4.74 Å². The van der Waals surface area contributed by atoms with Crippen LogP contribution in [0, 0.1) is 0 Å². The lowest BCUT2D eigenvalue weighted by Gasteiger charge is -2.19. The van der Waals surface area contributed by atoms with Crippen molar-refractivity contribution in [3.63, 3.8) is 0 Å². The molecule has 96 valence electrons. The summed E-state index contributed by atoms with van der Waals surface area (Å²) in [7, 11) is 1.71. The highest BCUT2D eigenvalue weighted by Crippen LogP contribution is 2.31. The molecule has 0 atom stereocenters. The van der Waals surface area contributed by atoms with Crippen molar-refractivity contribution >= 4 is 11.9 Å². The van der Waals surface area contributed by atoms with Crippen LogP contribution < -0.4 is 9.64 Å². The molecule has 1 aliphatic rings. The van der Waals surface area contributed by atoms with Crippen LogP contribution in [0.15, 0.2) is 35.0 Å². The molecule has 0 fully saturated rings. The Morgan fingerprint density at radius 2 is 2.33 bits per heavy atom. The highest BCUT2D eigenvalue weighted by molar-refractivity contribution is 5.61. The van der Waals surface area contributed by atoms with Crippen LogP contribution in [0.2, 0.25) is 0 Å². The van der Waals surface area contributed by atoms with E-state index in [-0.39, 0.29) is 0 Å². The Bertz CT molecular complexity index is 477. The third-order valence-corrected chi connectivity index (χ3v) is 3.16. The summed E-state index contributed by atoms with van der Waals surface area (Å²) in [6, 6.07) is 6.32. The van der Waals surface area contributed by atoms with Crippen LogP contribution in [0.1, 0.15) is 19.4 Å². The number of aliphatic imine (C=N–C) groups is 1. The quantitative estimate of drug-likeness (QED) is 0.760. The van der Waals surface area contributed by atoms with Gasteiger partial charge in [-0.2, -0.15) is 0 Å². The van der Waals surface area contributed by atoms with Crippen molar-refractivity contribution in [2.75, 3.05) is 25.1 Å². The smallest absolute Gasteiger partial charge is 0.119 e. The van der Waals surface area contributed by atoms with Gasteiger partial charge in [0.25, 0.3) is 0 Å². The zero-order valence-electron chi connectivity index (χ0n) is 11.3. The average Bonchev–Trinajstić information content (AvgIpc) is 2.78. The first-order chi connectivity index (χ1) is 8.74. The van der Waals surface area contributed by atoms with Gasteiger partial charge in [0.1, 0.15) is 5.75 Å². The van der Waals surface area contributed by atoms with Gasteiger partial charge in [0.05, 0.1) is 7.11 Å². The minimum Gasteiger partial charge on any atom is -0.497 e. The number of ether oxygens (including phenoxy) is 1. The number of anilines is 1. The van der Waals surface area contributed by atoms with Crippen LogP contribution in [0.4, 0.5) is 5.69 Å². The molecule has 0 bridgehead atoms. The highest BCUT2D eigenvalue weighted by atomic mass is 16.5. The number of fused-ring (bicyclic) bond motifs is 1. The molecule has 18 heavy (non-hydrogen) atoms. The van der Waals surface area contributed by atoms with E-state index in [0.717, 1.165) is 25.3 Å². The Morgan fingerprint density at radius 3 is 3.06 bits per heavy atom. The Balaban J connectivity index is 2.12. The van der Waals surface area contributed by atoms with Crippen LogP contribution in [-0.2, 0) is 6.42 Å². The second-order valence-corrected chi connectivity index (χ2v) is 4.55. The summed E-state index contributed by atoms with van der Waals surface area (Å²) >= 11 is 0. The fraction of sp³-hybridized carbons (Fsp3) is 0.400. The fourth-order valence-corrected chi connectivity index (χ4v) is 2.28. The maximum atomic E-state index is 5.26. The summed E-state index contributed by atoms with van der Waals surface area (Å²) in [5.74, 6) is 0.943. The Kier molecular flexibility index (Phi) is 4.03. The molecule has 1 aromatic carbocycles. The van der Waals surface area contributed by atoms with Gasteiger partial charge in [-0.15, -0.1) is 0 Å². The van der Waals surface area contributed by atoms with E-state index in [2.05, 4.69) is 28.9 Å². The lowest BCUT2D eigenvalue weighted by atomic mass is 10.1. The minimum atomic E-state index is 0.941. The van der Waals surface area contributed by atoms with E-state index in [0.29, 0.717) is 0 Å². The third-order valence-electron chi connectivity index (χ3n) is 3.16. The fourth-order valence-electron chi connectivity index (χ4n) is 2.28. The van der Waals surface area contributed by atoms with Crippen molar-refractivity contribution in [2.45, 2.75) is 20.3 Å². The van der Waals surface area contributed by atoms with Crippen molar-refractivity contribution in [1.29, 1.82) is 0 Å². The second-order valence-electron chi connectivity index (χ2n) is 4.55. The van der Waals surface area contributed by atoms with E-state index in [9.17, 15) is 0 Å². The largest absolute Gasteiger partial charge is 0.497 e. The number of hydrogen-bond donors (Lipinski definition) is 0. The average molecular weight is 244 g/mol. The number of benzene rings is 1. The van der Waals surface area contributed by atoms with Crippen LogP contribution in [0.5, 0.6) is 5.75 Å². The van der Waals surface area contributed by atoms with Crippen molar-refractivity contribution in [1.82, 2.24) is 0 Å². The molecule has 1 aromatic rings. The topological polar surface area (TPSA) is 24.8 Å². The predicted molar refractivity (Wildman–Crippen MR) is 76.8 cm³/mol. The monoisotopic (exact) mass is 244 g/mol. The number of methoxy groups -OCH3 is 1. The Hall–Kier alpha value is -1.77. The molecule has 3 nitrogen and oxygen atoms in total. The van der Waals surface area contributed by atoms with Crippen molar-refractivity contribution in [3.05, 3.63) is 35.5 Å². The molecule has 0 spiro atoms. The molecular weight excluding hydrogens is 224 g/mol. The summed E-state index contributed by atoms with van der Waals surface area (Å²) in [5.41, 5.74) is 3.97. The standard InChI is InChI=1S/C15H20N2O/c1-4-16-10-12(2)11-17-8-7-13-9-14(18-3)5-6-15(13)17/h4-6,9-10H,7-8,11H2,1-3H3/b12-10+,16-4-. The molecule has 0 aliphatic carbocycles. The summed E-state index contributed by atoms with van der Waals surface area (Å²) in [6.45, 7) is 6.07. The third kappa shape index (κ3) is 2.73. The SMILES string of the molecule is C/C=N\C=C(/C)CN1CCc2cc(OC)ccc21. The van der Waals surface area contributed by atoms with Gasteiger partial charge < -0.3 is 9.64 Å². The molecular formula is C15H20N2O. The molecule has 0 amide bonds. The van der Waals surface area contributed by atoms with Gasteiger partial charge in [-0.3, -0.25) is 4.99 Å². The number of rotatable bonds is 4. The van der Waals surface area contributed by atoms with Gasteiger partial charge in [0.2, 0.25) is 0 Å². The maximum Gasteiger partial charge on any atom is 0.119 e. The Labute approximate surface area is 109 Å². The first-order valence-corrected chi connectivity index (χ1v) is 6.30. The normalized spacial score (nSPS) is 15.3. The predicted octanol–water partition coefficient (Wildman–Crippen LogP) is 3.05. The van der Waals surface area contributed by atoms with Crippen LogP contribution in [0.3, 0.4) is 0 Å². The second kappa shape index (κ2) is 5.71. The maximum absolute atomic E-state index is 5.26. The lowest BCUT2D eigenvalue weighted by Crippen LogP contribution is -2.22. The van der Waals surface area contributed by atoms with E-state index >= 15 is 0 Å². The molecule has 0 saturated carbocycles. The van der Waals surface area contributed by atoms with E-state index in [1.807, 2.05) is 25.4 Å². The molecule has 0 radical (unpaired) electrons. The van der Waals surface area contributed by atoms with Crippen LogP contribution >= 0.6 is 0 Å². The summed E-state index contributed by atoms with van der Waals surface area (Å²) < 4.78 is 5.26. The zero-order chi connectivity index (χ0) is 13.0. The van der Waals surface area contributed by atoms with E-state index in [1.54, 1.807) is 7.11 Å². The molecule has 2 rings (SSSR count). The Morgan fingerprint density at radius 1 is 1.50 bits per heavy atom. The molecule has 1 heterocycles. The first-order valence-electron chi connectivity index (χ1n) is 6.30. The lowest BCUT2D eigenvalue weighted by molar-refractivity contribution is 0.414. The van der Waals surface area contributed by atoms with E-state index < -0.39 is 0 Å². The molecule has 0 saturated heterocycles. The van der Waals surface area contributed by atoms with Gasteiger partial charge in [-0.25, -0.2) is 0 Å². The number of hydrogen-bond acceptors (Lipinski definition) is 3. The minimum absolute atomic E-state index is 0.941. The highest BCUT2D eigenvalue weighted by Gasteiger charge is 2.19. The van der Waals surface area contributed by atoms with Gasteiger partial charge >= 0.3 is 0 Å². The van der Waals surface area contributed by atoms with Crippen molar-refractivity contribution in [3.8, 4) is 5.75 Å². The molecule has 0 aromatic heterocycles. The molecule has 0 N–H and O–H groups in total. The van der Waals surface area contributed by atoms with E-state index in [1.165, 1.54) is 16.8 Å². The van der Waals surface area contributed by atoms with Gasteiger partial charge in [-0.1, -0.05) is 0 Å². The summed E-state index contributed by atoms with van der Waals surface area (Å²) in [6.07, 6.45) is 4.84. The van der Waals surface area contributed by atoms with Gasteiger partial charge in [0, 0.05) is 31.2 Å². The van der Waals surface area contributed by atoms with E-state index in [4.69, 9.17) is 4.74 Å². The first kappa shape index (κ1) is 12.7. The van der Waals surface area contributed by atoms with Gasteiger partial charge in [-0.05, 0) is 49.6 Å². The van der Waals surface area contributed by atoms with Gasteiger partial charge in [0.15, 0.2) is 0 Å². The molecule has 0 unspecified atom stereocenters. The molecule has 1 aliphatic heterocycles. The summed E-state index contributed by atoms with van der Waals surface area (Å²) in [5, 5.41) is 0. The molecule has 3 heteroatoms. The zero-order valence-corrected chi connectivity index (χ0v) is 11.3.